The molecule has 6 aliphatic rings. The number of hydrogen-bond acceptors (Lipinski definition) is 12. The Bertz CT molecular complexity index is 3020. The first-order valence-electron chi connectivity index (χ1n) is 24.8. The Morgan fingerprint density at radius 3 is 1.85 bits per heavy atom. The van der Waals surface area contributed by atoms with E-state index in [-0.39, 0.29) is 53.7 Å². The topological polar surface area (TPSA) is 183 Å². The third-order valence-electron chi connectivity index (χ3n) is 15.3. The molecule has 4 bridgehead atoms. The average molecular weight is 967 g/mol. The summed E-state index contributed by atoms with van der Waals surface area (Å²) in [6.45, 7) is 5.58. The second-order valence-electron chi connectivity index (χ2n) is 19.5. The zero-order valence-electron chi connectivity index (χ0n) is 39.4. The van der Waals surface area contributed by atoms with Crippen molar-refractivity contribution in [2.75, 3.05) is 76.8 Å². The number of H-pyrrole nitrogens is 2. The maximum atomic E-state index is 16.2. The molecule has 0 spiro atoms. The van der Waals surface area contributed by atoms with Gasteiger partial charge >= 0.3 is 0 Å². The molecule has 5 atom stereocenters. The maximum Gasteiger partial charge on any atom is 0.255 e. The molecule has 4 aromatic heterocycles. The lowest BCUT2D eigenvalue weighted by Crippen LogP contribution is -2.51. The van der Waals surface area contributed by atoms with Crippen LogP contribution in [0, 0.1) is 17.6 Å². The van der Waals surface area contributed by atoms with E-state index >= 15 is 4.39 Å². The first kappa shape index (κ1) is 45.0. The number of fused-ring (bicyclic) bond motifs is 8. The van der Waals surface area contributed by atoms with Crippen molar-refractivity contribution in [2.45, 2.75) is 62.4 Å². The van der Waals surface area contributed by atoms with Crippen molar-refractivity contribution in [3.05, 3.63) is 107 Å². The number of aromatic nitrogens is 4. The Morgan fingerprint density at radius 2 is 1.27 bits per heavy atom. The summed E-state index contributed by atoms with van der Waals surface area (Å²) >= 11 is 0. The molecular weight excluding hydrogens is 911 g/mol. The fourth-order valence-electron chi connectivity index (χ4n) is 11.6. The van der Waals surface area contributed by atoms with Crippen LogP contribution in [0.15, 0.2) is 73.3 Å². The van der Waals surface area contributed by atoms with Gasteiger partial charge in [-0.3, -0.25) is 29.4 Å². The lowest BCUT2D eigenvalue weighted by molar-refractivity contribution is 0.0489. The van der Waals surface area contributed by atoms with Crippen LogP contribution in [0.2, 0.25) is 0 Å². The molecule has 10 heterocycles. The molecule has 6 aromatic rings. The number of hydrogen-bond donors (Lipinski definition) is 6. The third kappa shape index (κ3) is 8.35. The summed E-state index contributed by atoms with van der Waals surface area (Å²) < 4.78 is 56.3. The van der Waals surface area contributed by atoms with Crippen molar-refractivity contribution in [1.82, 2.24) is 40.4 Å². The van der Waals surface area contributed by atoms with E-state index in [1.54, 1.807) is 49.1 Å². The Balaban J connectivity index is 0.812. The fourth-order valence-corrected chi connectivity index (χ4v) is 11.6. The Kier molecular flexibility index (Phi) is 12.0. The number of aromatic amines is 2. The van der Waals surface area contributed by atoms with Gasteiger partial charge in [0.15, 0.2) is 23.1 Å². The molecule has 2 aromatic carbocycles. The van der Waals surface area contributed by atoms with Gasteiger partial charge in [0.25, 0.3) is 11.8 Å². The van der Waals surface area contributed by atoms with Gasteiger partial charge in [0.05, 0.1) is 71.4 Å². The zero-order valence-corrected chi connectivity index (χ0v) is 39.4. The normalized spacial score (nSPS) is 22.9. The molecule has 0 radical (unpaired) electrons. The lowest BCUT2D eigenvalue weighted by Gasteiger charge is -2.41. The van der Waals surface area contributed by atoms with Gasteiger partial charge in [0.1, 0.15) is 24.7 Å². The minimum absolute atomic E-state index is 0.00890. The van der Waals surface area contributed by atoms with Crippen LogP contribution in [0.1, 0.15) is 82.5 Å². The van der Waals surface area contributed by atoms with Gasteiger partial charge in [-0.2, -0.15) is 0 Å². The van der Waals surface area contributed by atoms with Gasteiger partial charge in [0.2, 0.25) is 0 Å². The van der Waals surface area contributed by atoms with Crippen molar-refractivity contribution in [2.24, 2.45) is 5.92 Å². The number of carbonyl (C=O) groups excluding carboxylic acids is 2. The van der Waals surface area contributed by atoms with Crippen LogP contribution in [-0.2, 0) is 0 Å². The van der Waals surface area contributed by atoms with E-state index in [2.05, 4.69) is 51.0 Å². The van der Waals surface area contributed by atoms with Crippen molar-refractivity contribution in [3.63, 3.8) is 0 Å². The SMILES string of the molecule is COc1c(F)cccc1Nc1c2[nH]c3c1C(=O)NC[C@H]3CCCN1CC(COc3c(F)cccc3Nc3c4[nH]c5c3C(=O)NC[C@H]5CCCN3CC[C@H]3COc3cnccc3-4)C[C@H]1COc1cnccc1-2. The fraction of sp³-hybridized carbons (Fsp3) is 0.396. The highest BCUT2D eigenvalue weighted by molar-refractivity contribution is 6.08. The summed E-state index contributed by atoms with van der Waals surface area (Å²) in [6.07, 6.45) is 12.1. The minimum atomic E-state index is -0.531. The van der Waals surface area contributed by atoms with E-state index in [1.807, 2.05) is 12.1 Å². The number of anilines is 4. The second kappa shape index (κ2) is 18.9. The van der Waals surface area contributed by atoms with Crippen LogP contribution in [0.5, 0.6) is 23.0 Å². The summed E-state index contributed by atoms with van der Waals surface area (Å²) in [7, 11) is 1.41. The van der Waals surface area contributed by atoms with Gasteiger partial charge in [0, 0.05) is 90.9 Å². The molecule has 2 fully saturated rings. The molecule has 71 heavy (non-hydrogen) atoms. The number of amides is 2. The Morgan fingerprint density at radius 1 is 0.704 bits per heavy atom. The minimum Gasteiger partial charge on any atom is -0.492 e. The highest BCUT2D eigenvalue weighted by Crippen LogP contribution is 2.47. The Hall–Kier alpha value is -7.18. The number of benzene rings is 2. The van der Waals surface area contributed by atoms with E-state index in [1.165, 1.54) is 19.2 Å². The number of rotatable bonds is 8. The number of pyridine rings is 2. The molecule has 2 saturated heterocycles. The molecule has 6 N–H and O–H groups in total. The van der Waals surface area contributed by atoms with Crippen LogP contribution in [0.3, 0.4) is 0 Å². The molecule has 6 aliphatic heterocycles. The van der Waals surface area contributed by atoms with Crippen molar-refractivity contribution in [1.29, 1.82) is 0 Å². The standard InChI is InChI=1S/C53H56F2N10O6/c1-68-50-36(54)8-2-10-38(50)60-48-42-45-31(22-59-52(42)66)7-5-18-65-25-29(20-33(65)28-70-41-24-57-16-13-35(41)46(48)62-45)26-71-51-37(55)9-3-11-39(51)61-49-43-44-30(21-58-53(43)67)6-4-17-64-19-14-32(64)27-69-40-23-56-15-12-34(40)47(49)63-44/h2-3,8-13,15-16,23-24,29-33,60-63H,4-7,14,17-22,25-28H2,1H3,(H,58,67)(H,59,66)/t29?,30-,31-,32+,33+/m1/s1. The molecule has 12 rings (SSSR count). The second-order valence-corrected chi connectivity index (χ2v) is 19.5. The summed E-state index contributed by atoms with van der Waals surface area (Å²) in [4.78, 5) is 48.6. The number of nitrogens with zero attached hydrogens (tertiary/aromatic N) is 4. The summed E-state index contributed by atoms with van der Waals surface area (Å²) in [6, 6.07) is 13.5. The van der Waals surface area contributed by atoms with Gasteiger partial charge < -0.3 is 50.2 Å². The molecule has 0 aliphatic carbocycles. The molecule has 0 saturated carbocycles. The predicted molar refractivity (Wildman–Crippen MR) is 263 cm³/mol. The Labute approximate surface area is 409 Å². The van der Waals surface area contributed by atoms with E-state index in [0.717, 1.165) is 75.1 Å². The first-order chi connectivity index (χ1) is 34.8. The summed E-state index contributed by atoms with van der Waals surface area (Å²) in [5, 5.41) is 13.1. The van der Waals surface area contributed by atoms with Gasteiger partial charge in [-0.15, -0.1) is 0 Å². The molecule has 1 unspecified atom stereocenters. The van der Waals surface area contributed by atoms with Crippen LogP contribution in [0.25, 0.3) is 22.5 Å². The number of nitrogens with one attached hydrogen (secondary N) is 6. The molecule has 2 amide bonds. The van der Waals surface area contributed by atoms with E-state index < -0.39 is 11.6 Å². The van der Waals surface area contributed by atoms with E-state index in [4.69, 9.17) is 18.9 Å². The van der Waals surface area contributed by atoms with Gasteiger partial charge in [-0.25, -0.2) is 8.78 Å². The van der Waals surface area contributed by atoms with Gasteiger partial charge in [-0.05, 0) is 88.0 Å². The monoisotopic (exact) mass is 966 g/mol. The zero-order chi connectivity index (χ0) is 48.2. The molecule has 16 nitrogen and oxygen atoms in total. The largest absolute Gasteiger partial charge is 0.492 e. The number of carbonyl (C=O) groups is 2. The molecule has 368 valence electrons. The van der Waals surface area contributed by atoms with Crippen molar-refractivity contribution < 1.29 is 37.3 Å². The van der Waals surface area contributed by atoms with Crippen LogP contribution >= 0.6 is 0 Å². The van der Waals surface area contributed by atoms with E-state index in [9.17, 15) is 14.0 Å². The van der Waals surface area contributed by atoms with Gasteiger partial charge in [-0.1, -0.05) is 12.1 Å². The highest BCUT2D eigenvalue weighted by atomic mass is 19.1. The number of ether oxygens (including phenoxy) is 4. The number of methoxy groups -OCH3 is 1. The highest BCUT2D eigenvalue weighted by Gasteiger charge is 2.39. The maximum absolute atomic E-state index is 16.2. The van der Waals surface area contributed by atoms with Crippen LogP contribution < -0.4 is 40.2 Å². The van der Waals surface area contributed by atoms with E-state index in [0.29, 0.717) is 101 Å². The number of para-hydroxylation sites is 2. The quantitative estimate of drug-likeness (QED) is 0.0864. The molecular formula is C53H56F2N10O6. The summed E-state index contributed by atoms with van der Waals surface area (Å²) in [5.41, 5.74) is 7.14. The van der Waals surface area contributed by atoms with Crippen LogP contribution in [-0.4, -0.2) is 120 Å². The summed E-state index contributed by atoms with van der Waals surface area (Å²) in [5.74, 6) is -0.197. The molecule has 18 heteroatoms. The number of halogens is 2. The predicted octanol–water partition coefficient (Wildman–Crippen LogP) is 8.08. The first-order valence-corrected chi connectivity index (χ1v) is 24.8. The third-order valence-corrected chi connectivity index (χ3v) is 15.3. The average Bonchev–Trinajstić information content (AvgIpc) is 4.07. The lowest BCUT2D eigenvalue weighted by atomic mass is 9.91. The van der Waals surface area contributed by atoms with Crippen molar-refractivity contribution >= 4 is 34.6 Å². The van der Waals surface area contributed by atoms with Crippen molar-refractivity contribution in [3.8, 4) is 45.5 Å². The van der Waals surface area contributed by atoms with Crippen LogP contribution in [0.4, 0.5) is 31.5 Å². The smallest absolute Gasteiger partial charge is 0.255 e.